The third-order valence-corrected chi connectivity index (χ3v) is 5.66. The van der Waals surface area contributed by atoms with Crippen LogP contribution in [-0.2, 0) is 6.54 Å². The number of rotatable bonds is 8. The van der Waals surface area contributed by atoms with Crippen LogP contribution in [0.15, 0.2) is 67.0 Å². The molecule has 2 aromatic carbocycles. The molecule has 1 atom stereocenters. The topological polar surface area (TPSA) is 83.1 Å². The molecule has 32 heavy (non-hydrogen) atoms. The third kappa shape index (κ3) is 4.77. The van der Waals surface area contributed by atoms with Crippen molar-refractivity contribution in [3.05, 3.63) is 83.4 Å². The number of phenols is 1. The molecule has 164 valence electrons. The van der Waals surface area contributed by atoms with Gasteiger partial charge in [-0.3, -0.25) is 4.98 Å². The maximum absolute atomic E-state index is 10.1. The van der Waals surface area contributed by atoms with Crippen LogP contribution in [0.1, 0.15) is 30.8 Å². The molecule has 0 saturated carbocycles. The molecule has 2 heterocycles. The largest absolute Gasteiger partial charge is 0.506 e. The Bertz CT molecular complexity index is 1190. The van der Waals surface area contributed by atoms with Crippen molar-refractivity contribution in [2.75, 3.05) is 7.11 Å². The van der Waals surface area contributed by atoms with E-state index in [2.05, 4.69) is 28.3 Å². The second-order valence-corrected chi connectivity index (χ2v) is 7.85. The number of aromatic amines is 1. The Hall–Kier alpha value is -3.35. The van der Waals surface area contributed by atoms with Crippen molar-refractivity contribution >= 4 is 11.6 Å². The molecule has 0 spiro atoms. The number of H-pyrrole nitrogens is 1. The molecule has 2 aromatic heterocycles. The van der Waals surface area contributed by atoms with E-state index >= 15 is 0 Å². The van der Waals surface area contributed by atoms with E-state index in [1.165, 1.54) is 0 Å². The van der Waals surface area contributed by atoms with E-state index < -0.39 is 0 Å². The summed E-state index contributed by atoms with van der Waals surface area (Å²) in [5.74, 6) is 1.68. The van der Waals surface area contributed by atoms with Crippen molar-refractivity contribution < 1.29 is 9.84 Å². The molecule has 0 aliphatic heterocycles. The van der Waals surface area contributed by atoms with Crippen molar-refractivity contribution in [3.63, 3.8) is 0 Å². The Kier molecular flexibility index (Phi) is 6.73. The van der Waals surface area contributed by atoms with Crippen molar-refractivity contribution in [2.45, 2.75) is 25.9 Å². The number of methoxy groups -OCH3 is 1. The van der Waals surface area contributed by atoms with Gasteiger partial charge in [0.2, 0.25) is 0 Å². The molecule has 3 N–H and O–H groups in total. The van der Waals surface area contributed by atoms with Crippen molar-refractivity contribution in [1.29, 1.82) is 0 Å². The SMILES string of the molecule is CCC(NCc1cccc(OC)c1)c1nc(-c2ccc(Cl)c(O)c2)c(-c2ccncc2)[nH]1. The fourth-order valence-corrected chi connectivity index (χ4v) is 3.73. The fraction of sp³-hybridized carbons (Fsp3) is 0.200. The minimum atomic E-state index is 0.0106. The number of hydrogen-bond donors (Lipinski definition) is 3. The van der Waals surface area contributed by atoms with Gasteiger partial charge in [0.1, 0.15) is 17.3 Å². The molecule has 1 unspecified atom stereocenters. The number of ether oxygens (including phenoxy) is 1. The van der Waals surface area contributed by atoms with Crippen molar-refractivity contribution in [3.8, 4) is 34.0 Å². The first-order valence-electron chi connectivity index (χ1n) is 10.4. The van der Waals surface area contributed by atoms with Gasteiger partial charge in [-0.1, -0.05) is 36.7 Å². The van der Waals surface area contributed by atoms with Gasteiger partial charge in [0.05, 0.1) is 29.6 Å². The summed E-state index contributed by atoms with van der Waals surface area (Å²) in [7, 11) is 1.67. The van der Waals surface area contributed by atoms with E-state index in [4.69, 9.17) is 21.3 Å². The lowest BCUT2D eigenvalue weighted by Gasteiger charge is -2.15. The first-order valence-corrected chi connectivity index (χ1v) is 10.8. The van der Waals surface area contributed by atoms with Gasteiger partial charge in [-0.15, -0.1) is 0 Å². The lowest BCUT2D eigenvalue weighted by Crippen LogP contribution is -2.21. The van der Waals surface area contributed by atoms with Gasteiger partial charge < -0.3 is 20.1 Å². The molecule has 4 rings (SSSR count). The first-order chi connectivity index (χ1) is 15.6. The van der Waals surface area contributed by atoms with Crippen LogP contribution < -0.4 is 10.1 Å². The van der Waals surface area contributed by atoms with Gasteiger partial charge in [-0.25, -0.2) is 4.98 Å². The summed E-state index contributed by atoms with van der Waals surface area (Å²) in [6.45, 7) is 2.80. The third-order valence-electron chi connectivity index (χ3n) is 5.34. The number of halogens is 1. The second-order valence-electron chi connectivity index (χ2n) is 7.44. The van der Waals surface area contributed by atoms with Gasteiger partial charge >= 0.3 is 0 Å². The average Bonchev–Trinajstić information content (AvgIpc) is 3.27. The number of phenolic OH excluding ortho intramolecular Hbond substituents is 1. The highest BCUT2D eigenvalue weighted by Gasteiger charge is 2.20. The monoisotopic (exact) mass is 448 g/mol. The van der Waals surface area contributed by atoms with Gasteiger partial charge in [-0.2, -0.15) is 0 Å². The Balaban J connectivity index is 1.68. The normalized spacial score (nSPS) is 12.0. The number of hydrogen-bond acceptors (Lipinski definition) is 5. The Morgan fingerprint density at radius 1 is 1.09 bits per heavy atom. The number of aromatic hydroxyl groups is 1. The lowest BCUT2D eigenvalue weighted by molar-refractivity contribution is 0.413. The molecule has 4 aromatic rings. The summed E-state index contributed by atoms with van der Waals surface area (Å²) in [4.78, 5) is 12.5. The van der Waals surface area contributed by atoms with Crippen LogP contribution in [0.3, 0.4) is 0 Å². The Labute approximate surface area is 192 Å². The zero-order valence-corrected chi connectivity index (χ0v) is 18.7. The van der Waals surface area contributed by atoms with E-state index in [0.29, 0.717) is 11.6 Å². The Morgan fingerprint density at radius 3 is 2.62 bits per heavy atom. The summed E-state index contributed by atoms with van der Waals surface area (Å²) < 4.78 is 5.33. The Morgan fingerprint density at radius 2 is 1.91 bits per heavy atom. The van der Waals surface area contributed by atoms with Gasteiger partial charge in [0, 0.05) is 30.1 Å². The van der Waals surface area contributed by atoms with E-state index in [0.717, 1.165) is 46.1 Å². The highest BCUT2D eigenvalue weighted by atomic mass is 35.5. The molecule has 0 saturated heterocycles. The van der Waals surface area contributed by atoms with Gasteiger partial charge in [-0.05, 0) is 48.4 Å². The second kappa shape index (κ2) is 9.85. The van der Waals surface area contributed by atoms with Crippen LogP contribution in [0.5, 0.6) is 11.5 Å². The summed E-state index contributed by atoms with van der Waals surface area (Å²) in [6.07, 6.45) is 4.34. The number of aromatic nitrogens is 3. The number of nitrogens with one attached hydrogen (secondary N) is 2. The van der Waals surface area contributed by atoms with E-state index in [9.17, 15) is 5.11 Å². The maximum atomic E-state index is 10.1. The van der Waals surface area contributed by atoms with E-state index in [-0.39, 0.29) is 11.8 Å². The predicted molar refractivity (Wildman–Crippen MR) is 127 cm³/mol. The van der Waals surface area contributed by atoms with Crippen LogP contribution in [-0.4, -0.2) is 27.2 Å². The first kappa shape index (κ1) is 21.9. The van der Waals surface area contributed by atoms with E-state index in [1.54, 1.807) is 31.6 Å². The van der Waals surface area contributed by atoms with Crippen molar-refractivity contribution in [2.24, 2.45) is 0 Å². The lowest BCUT2D eigenvalue weighted by atomic mass is 10.1. The summed E-state index contributed by atoms with van der Waals surface area (Å²) >= 11 is 6.02. The highest BCUT2D eigenvalue weighted by molar-refractivity contribution is 6.32. The van der Waals surface area contributed by atoms with Crippen LogP contribution in [0, 0.1) is 0 Å². The minimum Gasteiger partial charge on any atom is -0.506 e. The molecule has 7 heteroatoms. The van der Waals surface area contributed by atoms with Crippen LogP contribution in [0.2, 0.25) is 5.02 Å². The standard InChI is InChI=1S/C25H25ClN4O2/c1-3-21(28-15-16-5-4-6-19(13-16)32-2)25-29-23(17-9-11-27-12-10-17)24(30-25)18-7-8-20(26)22(31)14-18/h4-14,21,28,31H,3,15H2,1-2H3,(H,29,30). The van der Waals surface area contributed by atoms with Crippen molar-refractivity contribution in [1.82, 2.24) is 20.3 Å². The number of pyridine rings is 1. The smallest absolute Gasteiger partial charge is 0.134 e. The maximum Gasteiger partial charge on any atom is 0.134 e. The van der Waals surface area contributed by atoms with Gasteiger partial charge in [0.25, 0.3) is 0 Å². The van der Waals surface area contributed by atoms with Crippen LogP contribution in [0.25, 0.3) is 22.5 Å². The number of benzene rings is 2. The number of imidazole rings is 1. The molecule has 0 amide bonds. The summed E-state index contributed by atoms with van der Waals surface area (Å²) in [5.41, 5.74) is 4.49. The summed E-state index contributed by atoms with van der Waals surface area (Å²) in [6, 6.07) is 17.0. The molecule has 0 aliphatic rings. The van der Waals surface area contributed by atoms with Gasteiger partial charge in [0.15, 0.2) is 0 Å². The van der Waals surface area contributed by atoms with Crippen LogP contribution in [0.4, 0.5) is 0 Å². The molecule has 6 nitrogen and oxygen atoms in total. The molecule has 0 radical (unpaired) electrons. The summed E-state index contributed by atoms with van der Waals surface area (Å²) in [5, 5.41) is 14.0. The molecule has 0 bridgehead atoms. The minimum absolute atomic E-state index is 0.0106. The average molecular weight is 449 g/mol. The molecular formula is C25H25ClN4O2. The van der Waals surface area contributed by atoms with Crippen LogP contribution >= 0.6 is 11.6 Å². The highest BCUT2D eigenvalue weighted by Crippen LogP contribution is 2.35. The fourth-order valence-electron chi connectivity index (χ4n) is 3.61. The number of nitrogens with zero attached hydrogens (tertiary/aromatic N) is 2. The predicted octanol–water partition coefficient (Wildman–Crippen LogP) is 5.75. The molecule has 0 fully saturated rings. The molecular weight excluding hydrogens is 424 g/mol. The zero-order valence-electron chi connectivity index (χ0n) is 18.0. The quantitative estimate of drug-likeness (QED) is 0.320. The zero-order chi connectivity index (χ0) is 22.5. The molecule has 0 aliphatic carbocycles. The van der Waals surface area contributed by atoms with E-state index in [1.807, 2.05) is 36.4 Å².